The SMILES string of the molecule is CN(C(=O)[C@@H]1C=C2c3cccc4[nH]cc(c34)C[C@H]2[NH2+]C1)c1ccncc1. The second-order valence-electron chi connectivity index (χ2n) is 7.16. The third kappa shape index (κ3) is 2.28. The molecule has 0 bridgehead atoms. The summed E-state index contributed by atoms with van der Waals surface area (Å²) in [6.07, 6.45) is 8.79. The van der Waals surface area contributed by atoms with Gasteiger partial charge in [-0.25, -0.2) is 0 Å². The van der Waals surface area contributed by atoms with E-state index in [-0.39, 0.29) is 11.8 Å². The predicted octanol–water partition coefficient (Wildman–Crippen LogP) is 1.73. The molecule has 5 rings (SSSR count). The molecule has 130 valence electrons. The van der Waals surface area contributed by atoms with Crippen LogP contribution in [0.4, 0.5) is 5.69 Å². The van der Waals surface area contributed by atoms with E-state index in [1.54, 1.807) is 17.3 Å². The third-order valence-electron chi connectivity index (χ3n) is 5.69. The highest BCUT2D eigenvalue weighted by molar-refractivity contribution is 6.01. The highest BCUT2D eigenvalue weighted by Crippen LogP contribution is 2.36. The summed E-state index contributed by atoms with van der Waals surface area (Å²) in [5.41, 5.74) is 6.02. The highest BCUT2D eigenvalue weighted by Gasteiger charge is 2.36. The minimum absolute atomic E-state index is 0.116. The van der Waals surface area contributed by atoms with E-state index in [1.165, 1.54) is 27.6 Å². The van der Waals surface area contributed by atoms with Crippen LogP contribution < -0.4 is 10.2 Å². The summed E-state index contributed by atoms with van der Waals surface area (Å²) < 4.78 is 0. The molecule has 2 aromatic heterocycles. The molecule has 1 aromatic carbocycles. The molecule has 1 aliphatic carbocycles. The second-order valence-corrected chi connectivity index (χ2v) is 7.16. The first kappa shape index (κ1) is 15.3. The Hall–Kier alpha value is -2.92. The number of quaternary nitrogens is 1. The first-order valence-corrected chi connectivity index (χ1v) is 9.04. The Morgan fingerprint density at radius 2 is 2.12 bits per heavy atom. The number of fused-ring (bicyclic) bond motifs is 2. The van der Waals surface area contributed by atoms with E-state index >= 15 is 0 Å². The molecule has 26 heavy (non-hydrogen) atoms. The van der Waals surface area contributed by atoms with Crippen LogP contribution >= 0.6 is 0 Å². The van der Waals surface area contributed by atoms with Gasteiger partial charge in [0.05, 0.1) is 6.54 Å². The van der Waals surface area contributed by atoms with Crippen LogP contribution in [0.5, 0.6) is 0 Å². The Morgan fingerprint density at radius 1 is 1.27 bits per heavy atom. The standard InChI is InChI=1S/C21H20N4O/c1-25(15-5-7-22-8-6-15)21(26)14-9-17-16-3-2-4-18-20(16)13(11-23-18)10-19(17)24-12-14/h2-9,11,14,19,23-24H,10,12H2,1H3/p+1/t14-,19-/m1/s1. The molecule has 0 radical (unpaired) electrons. The van der Waals surface area contributed by atoms with E-state index in [0.29, 0.717) is 6.04 Å². The maximum absolute atomic E-state index is 13.0. The number of nitrogens with one attached hydrogen (secondary N) is 1. The monoisotopic (exact) mass is 345 g/mol. The summed E-state index contributed by atoms with van der Waals surface area (Å²) in [6, 6.07) is 10.5. The van der Waals surface area contributed by atoms with Crippen molar-refractivity contribution in [2.45, 2.75) is 12.5 Å². The summed E-state index contributed by atoms with van der Waals surface area (Å²) >= 11 is 0. The molecular weight excluding hydrogens is 324 g/mol. The number of hydrogen-bond donors (Lipinski definition) is 2. The lowest BCUT2D eigenvalue weighted by molar-refractivity contribution is -0.681. The second kappa shape index (κ2) is 5.81. The van der Waals surface area contributed by atoms with Gasteiger partial charge in [-0.1, -0.05) is 18.2 Å². The molecule has 3 heterocycles. The lowest BCUT2D eigenvalue weighted by atomic mass is 9.80. The van der Waals surface area contributed by atoms with Crippen LogP contribution in [-0.2, 0) is 11.2 Å². The summed E-state index contributed by atoms with van der Waals surface area (Å²) in [6.45, 7) is 0.790. The summed E-state index contributed by atoms with van der Waals surface area (Å²) in [5.74, 6) is 0.0144. The average molecular weight is 345 g/mol. The van der Waals surface area contributed by atoms with E-state index in [0.717, 1.165) is 18.7 Å². The lowest BCUT2D eigenvalue weighted by Crippen LogP contribution is -2.93. The van der Waals surface area contributed by atoms with Gasteiger partial charge < -0.3 is 15.2 Å². The average Bonchev–Trinajstić information content (AvgIpc) is 3.12. The number of aromatic nitrogens is 2. The van der Waals surface area contributed by atoms with Gasteiger partial charge in [0.15, 0.2) is 0 Å². The van der Waals surface area contributed by atoms with E-state index < -0.39 is 0 Å². The van der Waals surface area contributed by atoms with E-state index in [9.17, 15) is 4.79 Å². The van der Waals surface area contributed by atoms with E-state index in [2.05, 4.69) is 45.8 Å². The minimum Gasteiger partial charge on any atom is -0.361 e. The fraction of sp³-hybridized carbons (Fsp3) is 0.238. The first-order valence-electron chi connectivity index (χ1n) is 9.04. The third-order valence-corrected chi connectivity index (χ3v) is 5.69. The molecule has 3 aromatic rings. The quantitative estimate of drug-likeness (QED) is 0.743. The van der Waals surface area contributed by atoms with Crippen molar-refractivity contribution >= 4 is 28.1 Å². The molecule has 1 aliphatic heterocycles. The molecule has 0 fully saturated rings. The molecule has 3 N–H and O–H groups in total. The Kier molecular flexibility index (Phi) is 3.43. The zero-order valence-electron chi connectivity index (χ0n) is 14.6. The molecule has 0 saturated heterocycles. The van der Waals surface area contributed by atoms with Crippen LogP contribution in [-0.4, -0.2) is 35.5 Å². The number of pyridine rings is 1. The number of carbonyl (C=O) groups is 1. The van der Waals surface area contributed by atoms with Gasteiger partial charge in [0, 0.05) is 54.2 Å². The largest absolute Gasteiger partial charge is 0.361 e. The molecule has 5 heteroatoms. The molecular formula is C21H21N4O+. The van der Waals surface area contributed by atoms with Gasteiger partial charge in [-0.3, -0.25) is 9.78 Å². The molecule has 2 aliphatic rings. The van der Waals surface area contributed by atoms with Crippen LogP contribution in [0, 0.1) is 5.92 Å². The smallest absolute Gasteiger partial charge is 0.239 e. The molecule has 0 unspecified atom stereocenters. The van der Waals surface area contributed by atoms with Crippen LogP contribution in [0.1, 0.15) is 11.1 Å². The lowest BCUT2D eigenvalue weighted by Gasteiger charge is -2.31. The van der Waals surface area contributed by atoms with Gasteiger partial charge in [0.2, 0.25) is 5.91 Å². The Bertz CT molecular complexity index is 1020. The number of aromatic amines is 1. The normalized spacial score (nSPS) is 21.2. The number of hydrogen-bond acceptors (Lipinski definition) is 2. The zero-order chi connectivity index (χ0) is 17.7. The molecule has 1 amide bonds. The maximum atomic E-state index is 13.0. The van der Waals surface area contributed by atoms with Crippen molar-refractivity contribution in [3.05, 3.63) is 66.1 Å². The van der Waals surface area contributed by atoms with Crippen molar-refractivity contribution in [1.82, 2.24) is 9.97 Å². The molecule has 5 nitrogen and oxygen atoms in total. The summed E-state index contributed by atoms with van der Waals surface area (Å²) in [5, 5.41) is 3.64. The van der Waals surface area contributed by atoms with Gasteiger partial charge in [-0.15, -0.1) is 0 Å². The van der Waals surface area contributed by atoms with Crippen LogP contribution in [0.3, 0.4) is 0 Å². The number of rotatable bonds is 2. The fourth-order valence-electron chi connectivity index (χ4n) is 4.34. The van der Waals surface area contributed by atoms with Crippen molar-refractivity contribution in [3.63, 3.8) is 0 Å². The predicted molar refractivity (Wildman–Crippen MR) is 102 cm³/mol. The van der Waals surface area contributed by atoms with E-state index in [4.69, 9.17) is 0 Å². The van der Waals surface area contributed by atoms with Crippen molar-refractivity contribution in [3.8, 4) is 0 Å². The van der Waals surface area contributed by atoms with Gasteiger partial charge in [-0.05, 0) is 29.3 Å². The summed E-state index contributed by atoms with van der Waals surface area (Å²) in [4.78, 5) is 22.2. The van der Waals surface area contributed by atoms with Crippen LogP contribution in [0.2, 0.25) is 0 Å². The van der Waals surface area contributed by atoms with Crippen molar-refractivity contribution < 1.29 is 10.1 Å². The topological polar surface area (TPSA) is 65.6 Å². The number of nitrogens with two attached hydrogens (primary N) is 1. The van der Waals surface area contributed by atoms with Crippen molar-refractivity contribution in [1.29, 1.82) is 0 Å². The number of amides is 1. The number of H-pyrrole nitrogens is 1. The molecule has 2 atom stereocenters. The Balaban J connectivity index is 1.52. The van der Waals surface area contributed by atoms with Gasteiger partial charge in [0.1, 0.15) is 12.0 Å². The van der Waals surface area contributed by atoms with Crippen LogP contribution in [0.15, 0.2) is 55.0 Å². The van der Waals surface area contributed by atoms with Gasteiger partial charge >= 0.3 is 0 Å². The van der Waals surface area contributed by atoms with Crippen LogP contribution in [0.25, 0.3) is 16.5 Å². The van der Waals surface area contributed by atoms with Gasteiger partial charge in [0.25, 0.3) is 0 Å². The summed E-state index contributed by atoms with van der Waals surface area (Å²) in [7, 11) is 1.84. The molecule has 0 saturated carbocycles. The fourth-order valence-corrected chi connectivity index (χ4v) is 4.34. The maximum Gasteiger partial charge on any atom is 0.239 e. The van der Waals surface area contributed by atoms with Gasteiger partial charge in [-0.2, -0.15) is 0 Å². The highest BCUT2D eigenvalue weighted by atomic mass is 16.2. The number of carbonyl (C=O) groups excluding carboxylic acids is 1. The van der Waals surface area contributed by atoms with Crippen molar-refractivity contribution in [2.75, 3.05) is 18.5 Å². The molecule has 0 spiro atoms. The number of nitrogens with zero attached hydrogens (tertiary/aromatic N) is 2. The number of benzene rings is 1. The Labute approximate surface area is 151 Å². The number of anilines is 1. The Morgan fingerprint density at radius 3 is 2.96 bits per heavy atom. The first-order chi connectivity index (χ1) is 12.7. The van der Waals surface area contributed by atoms with E-state index in [1.807, 2.05) is 19.2 Å². The minimum atomic E-state index is -0.116. The zero-order valence-corrected chi connectivity index (χ0v) is 14.6. The van der Waals surface area contributed by atoms with Crippen molar-refractivity contribution in [2.24, 2.45) is 5.92 Å².